The summed E-state index contributed by atoms with van der Waals surface area (Å²) >= 11 is 0. The Morgan fingerprint density at radius 2 is 1.87 bits per heavy atom. The summed E-state index contributed by atoms with van der Waals surface area (Å²) in [4.78, 5) is 43.0. The van der Waals surface area contributed by atoms with Crippen LogP contribution in [0.1, 0.15) is 33.6 Å². The summed E-state index contributed by atoms with van der Waals surface area (Å²) in [5.41, 5.74) is 0.301. The summed E-state index contributed by atoms with van der Waals surface area (Å²) in [6.07, 6.45) is 2.16. The molecule has 1 aromatic carbocycles. The fourth-order valence-electron chi connectivity index (χ4n) is 3.12. The highest BCUT2D eigenvalue weighted by Gasteiger charge is 2.16. The van der Waals surface area contributed by atoms with Crippen molar-refractivity contribution in [2.45, 2.75) is 46.2 Å². The Labute approximate surface area is 176 Å². The molecule has 164 valence electrons. The van der Waals surface area contributed by atoms with Crippen LogP contribution >= 0.6 is 0 Å². The number of nitrogens with zero attached hydrogens (tertiary/aromatic N) is 3. The van der Waals surface area contributed by atoms with Crippen molar-refractivity contribution in [2.24, 2.45) is 0 Å². The van der Waals surface area contributed by atoms with Crippen molar-refractivity contribution >= 4 is 22.7 Å². The molecular formula is C21H30N4O5. The van der Waals surface area contributed by atoms with E-state index in [2.05, 4.69) is 10.3 Å². The molecule has 2 aromatic rings. The smallest absolute Gasteiger partial charge is 0.261 e. The molecule has 0 bridgehead atoms. The summed E-state index contributed by atoms with van der Waals surface area (Å²) in [6, 6.07) is 3.29. The molecule has 0 saturated heterocycles. The predicted octanol–water partition coefficient (Wildman–Crippen LogP) is 1.57. The number of likely N-dealkylation sites (N-methyl/N-ethyl adjacent to an activating group) is 1. The average molecular weight is 418 g/mol. The summed E-state index contributed by atoms with van der Waals surface area (Å²) in [6.45, 7) is 6.40. The number of methoxy groups -OCH3 is 2. The van der Waals surface area contributed by atoms with Crippen LogP contribution in [0.4, 0.5) is 0 Å². The minimum Gasteiger partial charge on any atom is -0.493 e. The summed E-state index contributed by atoms with van der Waals surface area (Å²) in [7, 11) is 3.03. The van der Waals surface area contributed by atoms with Gasteiger partial charge in [0.05, 0.1) is 38.0 Å². The van der Waals surface area contributed by atoms with E-state index < -0.39 is 0 Å². The van der Waals surface area contributed by atoms with Crippen LogP contribution in [0.25, 0.3) is 10.9 Å². The third-order valence-corrected chi connectivity index (χ3v) is 4.64. The Morgan fingerprint density at radius 3 is 2.47 bits per heavy atom. The number of carbonyl (C=O) groups is 2. The van der Waals surface area contributed by atoms with Crippen molar-refractivity contribution in [2.75, 3.05) is 27.3 Å². The van der Waals surface area contributed by atoms with Crippen LogP contribution in [0.2, 0.25) is 0 Å². The Hall–Kier alpha value is -3.10. The second-order valence-corrected chi connectivity index (χ2v) is 7.20. The van der Waals surface area contributed by atoms with Gasteiger partial charge in [-0.25, -0.2) is 4.98 Å². The quantitative estimate of drug-likeness (QED) is 0.628. The van der Waals surface area contributed by atoms with E-state index in [0.717, 1.165) is 0 Å². The molecule has 0 spiro atoms. The second kappa shape index (κ2) is 10.6. The van der Waals surface area contributed by atoms with E-state index in [1.54, 1.807) is 12.1 Å². The molecule has 1 N–H and O–H groups in total. The third kappa shape index (κ3) is 5.71. The van der Waals surface area contributed by atoms with E-state index in [1.807, 2.05) is 20.8 Å². The van der Waals surface area contributed by atoms with Crippen molar-refractivity contribution in [1.82, 2.24) is 19.8 Å². The fraction of sp³-hybridized carbons (Fsp3) is 0.524. The lowest BCUT2D eigenvalue weighted by Crippen LogP contribution is -2.42. The summed E-state index contributed by atoms with van der Waals surface area (Å²) < 4.78 is 12.0. The SMILES string of the molecule is CCN(CC(=O)NC(C)C)C(=O)CCCn1cnc2cc(OC)c(OC)cc2c1=O. The highest BCUT2D eigenvalue weighted by atomic mass is 16.5. The topological polar surface area (TPSA) is 103 Å². The van der Waals surface area contributed by atoms with Crippen LogP contribution in [0, 0.1) is 0 Å². The molecule has 0 atom stereocenters. The van der Waals surface area contributed by atoms with Crippen LogP contribution in [0.5, 0.6) is 11.5 Å². The molecule has 2 amide bonds. The van der Waals surface area contributed by atoms with E-state index in [4.69, 9.17) is 9.47 Å². The van der Waals surface area contributed by atoms with Gasteiger partial charge in [-0.1, -0.05) is 0 Å². The molecule has 9 nitrogen and oxygen atoms in total. The molecule has 9 heteroatoms. The summed E-state index contributed by atoms with van der Waals surface area (Å²) in [5, 5.41) is 3.20. The van der Waals surface area contributed by atoms with Gasteiger partial charge in [0.15, 0.2) is 11.5 Å². The zero-order valence-corrected chi connectivity index (χ0v) is 18.2. The number of amides is 2. The van der Waals surface area contributed by atoms with E-state index in [1.165, 1.54) is 30.0 Å². The van der Waals surface area contributed by atoms with Gasteiger partial charge in [-0.15, -0.1) is 0 Å². The van der Waals surface area contributed by atoms with Crippen LogP contribution in [0.15, 0.2) is 23.3 Å². The van der Waals surface area contributed by atoms with Crippen LogP contribution in [-0.2, 0) is 16.1 Å². The highest BCUT2D eigenvalue weighted by Crippen LogP contribution is 2.29. The Morgan fingerprint density at radius 1 is 1.20 bits per heavy atom. The standard InChI is InChI=1S/C21H30N4O5/c1-6-24(12-19(26)23-14(2)3)20(27)8-7-9-25-13-22-16-11-18(30-5)17(29-4)10-15(16)21(25)28/h10-11,13-14H,6-9,12H2,1-5H3,(H,23,26). The molecule has 2 rings (SSSR count). The normalized spacial score (nSPS) is 10.9. The van der Waals surface area contributed by atoms with Crippen molar-refractivity contribution in [3.8, 4) is 11.5 Å². The molecule has 1 heterocycles. The average Bonchev–Trinajstić information content (AvgIpc) is 2.72. The highest BCUT2D eigenvalue weighted by molar-refractivity contribution is 5.85. The first-order chi connectivity index (χ1) is 14.3. The minimum atomic E-state index is -0.211. The predicted molar refractivity (Wildman–Crippen MR) is 114 cm³/mol. The van der Waals surface area contributed by atoms with Gasteiger partial charge in [0.1, 0.15) is 0 Å². The molecule has 0 radical (unpaired) electrons. The minimum absolute atomic E-state index is 0.0252. The first kappa shape index (κ1) is 23.2. The molecule has 30 heavy (non-hydrogen) atoms. The number of fused-ring (bicyclic) bond motifs is 1. The number of nitrogens with one attached hydrogen (secondary N) is 1. The zero-order valence-electron chi connectivity index (χ0n) is 18.2. The van der Waals surface area contributed by atoms with Gasteiger partial charge >= 0.3 is 0 Å². The van der Waals surface area contributed by atoms with Crippen LogP contribution in [0.3, 0.4) is 0 Å². The molecular weight excluding hydrogens is 388 g/mol. The number of ether oxygens (including phenoxy) is 2. The number of aryl methyl sites for hydroxylation is 1. The van der Waals surface area contributed by atoms with Gasteiger partial charge in [0.2, 0.25) is 11.8 Å². The molecule has 0 unspecified atom stereocenters. The maximum atomic E-state index is 12.8. The molecule has 0 aliphatic rings. The lowest BCUT2D eigenvalue weighted by atomic mass is 10.2. The van der Waals surface area contributed by atoms with Crippen LogP contribution < -0.4 is 20.3 Å². The van der Waals surface area contributed by atoms with Crippen molar-refractivity contribution in [3.63, 3.8) is 0 Å². The van der Waals surface area contributed by atoms with Crippen molar-refractivity contribution in [3.05, 3.63) is 28.8 Å². The molecule has 0 saturated carbocycles. The van der Waals surface area contributed by atoms with E-state index >= 15 is 0 Å². The van der Waals surface area contributed by atoms with Gasteiger partial charge in [0.25, 0.3) is 5.56 Å². The molecule has 0 fully saturated rings. The van der Waals surface area contributed by atoms with E-state index in [9.17, 15) is 14.4 Å². The maximum Gasteiger partial charge on any atom is 0.261 e. The number of aromatic nitrogens is 2. The van der Waals surface area contributed by atoms with Gasteiger partial charge in [0, 0.05) is 31.6 Å². The number of hydrogen-bond acceptors (Lipinski definition) is 6. The Kier molecular flexibility index (Phi) is 8.20. The van der Waals surface area contributed by atoms with Gasteiger partial charge in [-0.2, -0.15) is 0 Å². The largest absolute Gasteiger partial charge is 0.493 e. The first-order valence-electron chi connectivity index (χ1n) is 9.99. The monoisotopic (exact) mass is 418 g/mol. The second-order valence-electron chi connectivity index (χ2n) is 7.20. The lowest BCUT2D eigenvalue weighted by molar-refractivity contribution is -0.136. The van der Waals surface area contributed by atoms with Crippen LogP contribution in [-0.4, -0.2) is 59.6 Å². The molecule has 1 aromatic heterocycles. The van der Waals surface area contributed by atoms with Crippen molar-refractivity contribution < 1.29 is 19.1 Å². The van der Waals surface area contributed by atoms with Gasteiger partial charge < -0.3 is 19.7 Å². The van der Waals surface area contributed by atoms with E-state index in [0.29, 0.717) is 41.9 Å². The van der Waals surface area contributed by atoms with Crippen molar-refractivity contribution in [1.29, 1.82) is 0 Å². The van der Waals surface area contributed by atoms with Gasteiger partial charge in [-0.3, -0.25) is 19.0 Å². The fourth-order valence-corrected chi connectivity index (χ4v) is 3.12. The molecule has 0 aliphatic carbocycles. The van der Waals surface area contributed by atoms with E-state index in [-0.39, 0.29) is 36.4 Å². The summed E-state index contributed by atoms with van der Waals surface area (Å²) in [5.74, 6) is 0.653. The maximum absolute atomic E-state index is 12.8. The molecule has 0 aliphatic heterocycles. The Bertz CT molecular complexity index is 954. The number of hydrogen-bond donors (Lipinski definition) is 1. The Balaban J connectivity index is 2.04. The third-order valence-electron chi connectivity index (χ3n) is 4.64. The number of rotatable bonds is 10. The number of carbonyl (C=O) groups excluding carboxylic acids is 2. The van der Waals surface area contributed by atoms with Gasteiger partial charge in [-0.05, 0) is 33.3 Å². The first-order valence-corrected chi connectivity index (χ1v) is 9.99. The number of benzene rings is 1. The zero-order chi connectivity index (χ0) is 22.3. The lowest BCUT2D eigenvalue weighted by Gasteiger charge is -2.21.